The third kappa shape index (κ3) is 5.02. The van der Waals surface area contributed by atoms with E-state index in [0.29, 0.717) is 5.69 Å². The highest BCUT2D eigenvalue weighted by atomic mass is 16.4. The number of aromatic nitrogens is 1. The topological polar surface area (TPSA) is 120 Å². The number of urea groups is 1. The van der Waals surface area contributed by atoms with Crippen LogP contribution in [0.1, 0.15) is 16.1 Å². The number of likely N-dealkylation sites (N-methyl/N-ethyl adjacent to an activating group) is 1. The summed E-state index contributed by atoms with van der Waals surface area (Å²) >= 11 is 0. The van der Waals surface area contributed by atoms with Crippen molar-refractivity contribution >= 4 is 17.9 Å². The van der Waals surface area contributed by atoms with Crippen LogP contribution in [0.25, 0.3) is 0 Å². The van der Waals surface area contributed by atoms with Gasteiger partial charge < -0.3 is 21.1 Å². The second-order valence-corrected chi connectivity index (χ2v) is 3.55. The maximum absolute atomic E-state index is 11.3. The Morgan fingerprint density at radius 1 is 1.32 bits per heavy atom. The Balaban J connectivity index is 2.44. The number of carboxylic acids is 1. The highest BCUT2D eigenvalue weighted by Crippen LogP contribution is 2.01. The van der Waals surface area contributed by atoms with Crippen LogP contribution < -0.4 is 16.0 Å². The first kappa shape index (κ1) is 14.4. The van der Waals surface area contributed by atoms with Crippen molar-refractivity contribution in [2.75, 3.05) is 13.6 Å². The minimum absolute atomic E-state index is 0.0701. The summed E-state index contributed by atoms with van der Waals surface area (Å²) in [7, 11) is 1.46. The summed E-state index contributed by atoms with van der Waals surface area (Å²) in [4.78, 5) is 36.8. The number of nitrogens with one attached hydrogen (secondary N) is 3. The van der Waals surface area contributed by atoms with Gasteiger partial charge in [0.05, 0.1) is 24.3 Å². The molecule has 0 aliphatic carbocycles. The molecular formula is C11H14N4O4. The van der Waals surface area contributed by atoms with Gasteiger partial charge in [-0.05, 0) is 12.1 Å². The third-order valence-corrected chi connectivity index (χ3v) is 2.18. The first-order chi connectivity index (χ1) is 9.02. The van der Waals surface area contributed by atoms with Crippen LogP contribution in [0.5, 0.6) is 0 Å². The zero-order valence-corrected chi connectivity index (χ0v) is 10.3. The largest absolute Gasteiger partial charge is 0.478 e. The van der Waals surface area contributed by atoms with E-state index in [1.807, 2.05) is 0 Å². The fourth-order valence-corrected chi connectivity index (χ4v) is 1.19. The number of carbonyl (C=O) groups excluding carboxylic acids is 2. The minimum atomic E-state index is -1.06. The number of hydrogen-bond donors (Lipinski definition) is 4. The lowest BCUT2D eigenvalue weighted by atomic mass is 10.2. The molecule has 4 N–H and O–H groups in total. The summed E-state index contributed by atoms with van der Waals surface area (Å²) < 4.78 is 0. The first-order valence-electron chi connectivity index (χ1n) is 5.43. The number of pyridine rings is 1. The number of hydrogen-bond acceptors (Lipinski definition) is 4. The molecule has 1 aromatic heterocycles. The van der Waals surface area contributed by atoms with Crippen molar-refractivity contribution in [3.63, 3.8) is 0 Å². The third-order valence-electron chi connectivity index (χ3n) is 2.18. The molecule has 0 aliphatic heterocycles. The van der Waals surface area contributed by atoms with Crippen LogP contribution >= 0.6 is 0 Å². The van der Waals surface area contributed by atoms with Crippen LogP contribution in [0.4, 0.5) is 4.79 Å². The van der Waals surface area contributed by atoms with E-state index in [1.165, 1.54) is 25.4 Å². The Morgan fingerprint density at radius 2 is 2.05 bits per heavy atom. The van der Waals surface area contributed by atoms with E-state index < -0.39 is 12.0 Å². The normalized spacial score (nSPS) is 9.53. The predicted octanol–water partition coefficient (Wildman–Crippen LogP) is -0.675. The molecular weight excluding hydrogens is 252 g/mol. The van der Waals surface area contributed by atoms with Gasteiger partial charge in [0.2, 0.25) is 5.91 Å². The van der Waals surface area contributed by atoms with E-state index in [1.54, 1.807) is 0 Å². The van der Waals surface area contributed by atoms with Crippen molar-refractivity contribution in [2.45, 2.75) is 6.54 Å². The number of aromatic carboxylic acids is 1. The maximum atomic E-state index is 11.3. The average molecular weight is 266 g/mol. The lowest BCUT2D eigenvalue weighted by Gasteiger charge is -2.06. The Bertz CT molecular complexity index is 489. The molecule has 0 aromatic carbocycles. The highest BCUT2D eigenvalue weighted by Gasteiger charge is 2.06. The van der Waals surface area contributed by atoms with Crippen LogP contribution in [0.2, 0.25) is 0 Å². The van der Waals surface area contributed by atoms with E-state index in [9.17, 15) is 14.4 Å². The van der Waals surface area contributed by atoms with Crippen LogP contribution in [0.3, 0.4) is 0 Å². The van der Waals surface area contributed by atoms with Crippen molar-refractivity contribution in [1.29, 1.82) is 0 Å². The van der Waals surface area contributed by atoms with Gasteiger partial charge in [0, 0.05) is 13.2 Å². The molecule has 0 aliphatic rings. The van der Waals surface area contributed by atoms with Crippen LogP contribution in [-0.2, 0) is 11.3 Å². The van der Waals surface area contributed by atoms with Gasteiger partial charge in [-0.25, -0.2) is 9.59 Å². The van der Waals surface area contributed by atoms with Gasteiger partial charge in [0.15, 0.2) is 0 Å². The summed E-state index contributed by atoms with van der Waals surface area (Å²) in [5.74, 6) is -1.38. The first-order valence-corrected chi connectivity index (χ1v) is 5.43. The Hall–Kier alpha value is -2.64. The molecule has 8 heteroatoms. The molecule has 3 amide bonds. The molecule has 19 heavy (non-hydrogen) atoms. The number of nitrogens with zero attached hydrogens (tertiary/aromatic N) is 1. The Labute approximate surface area is 109 Å². The van der Waals surface area contributed by atoms with Crippen molar-refractivity contribution in [1.82, 2.24) is 20.9 Å². The minimum Gasteiger partial charge on any atom is -0.478 e. The van der Waals surface area contributed by atoms with Gasteiger partial charge in [-0.3, -0.25) is 9.78 Å². The monoisotopic (exact) mass is 266 g/mol. The van der Waals surface area contributed by atoms with Gasteiger partial charge in [-0.2, -0.15) is 0 Å². The Morgan fingerprint density at radius 3 is 2.68 bits per heavy atom. The molecule has 0 fully saturated rings. The van der Waals surface area contributed by atoms with Crippen molar-refractivity contribution in [3.05, 3.63) is 29.6 Å². The van der Waals surface area contributed by atoms with Crippen LogP contribution in [0.15, 0.2) is 18.3 Å². The highest BCUT2D eigenvalue weighted by molar-refractivity contribution is 5.87. The van der Waals surface area contributed by atoms with Gasteiger partial charge in [-0.15, -0.1) is 0 Å². The molecule has 0 atom stereocenters. The second-order valence-electron chi connectivity index (χ2n) is 3.55. The van der Waals surface area contributed by atoms with E-state index >= 15 is 0 Å². The number of carboxylic acid groups (broad SMARTS) is 1. The number of rotatable bonds is 5. The fourth-order valence-electron chi connectivity index (χ4n) is 1.19. The molecule has 8 nitrogen and oxygen atoms in total. The molecule has 102 valence electrons. The Kier molecular flexibility index (Phi) is 5.27. The predicted molar refractivity (Wildman–Crippen MR) is 65.5 cm³/mol. The van der Waals surface area contributed by atoms with Crippen LogP contribution in [-0.4, -0.2) is 41.6 Å². The van der Waals surface area contributed by atoms with Gasteiger partial charge in [0.1, 0.15) is 0 Å². The molecule has 0 unspecified atom stereocenters. The number of amides is 3. The van der Waals surface area contributed by atoms with Gasteiger partial charge in [0.25, 0.3) is 0 Å². The zero-order chi connectivity index (χ0) is 14.3. The summed E-state index contributed by atoms with van der Waals surface area (Å²) in [6.45, 7) is -0.0639. The lowest BCUT2D eigenvalue weighted by Crippen LogP contribution is -2.41. The van der Waals surface area contributed by atoms with Gasteiger partial charge in [-0.1, -0.05) is 0 Å². The molecule has 0 spiro atoms. The molecule has 0 saturated heterocycles. The zero-order valence-electron chi connectivity index (χ0n) is 10.3. The molecule has 0 bridgehead atoms. The maximum Gasteiger partial charge on any atom is 0.335 e. The number of carbonyl (C=O) groups is 3. The molecule has 1 aromatic rings. The smallest absolute Gasteiger partial charge is 0.335 e. The lowest BCUT2D eigenvalue weighted by molar-refractivity contribution is -0.119. The summed E-state index contributed by atoms with van der Waals surface area (Å²) in [5, 5.41) is 15.9. The molecule has 0 radical (unpaired) electrons. The van der Waals surface area contributed by atoms with E-state index in [0.717, 1.165) is 0 Å². The summed E-state index contributed by atoms with van der Waals surface area (Å²) in [5.41, 5.74) is 0.507. The average Bonchev–Trinajstić information content (AvgIpc) is 2.42. The fraction of sp³-hybridized carbons (Fsp3) is 0.273. The standard InChI is InChI=1S/C11H14N4O4/c1-12-9(16)6-15-11(19)14-5-8-4-7(10(17)18)2-3-13-8/h2-4H,5-6H2,1H3,(H,12,16)(H,17,18)(H2,14,15,19). The second kappa shape index (κ2) is 6.94. The quantitative estimate of drug-likeness (QED) is 0.563. The van der Waals surface area contributed by atoms with E-state index in [2.05, 4.69) is 20.9 Å². The molecule has 0 saturated carbocycles. The van der Waals surface area contributed by atoms with E-state index in [4.69, 9.17) is 5.11 Å². The summed E-state index contributed by atoms with van der Waals surface area (Å²) in [6, 6.07) is 2.19. The van der Waals surface area contributed by atoms with Crippen molar-refractivity contribution < 1.29 is 19.5 Å². The van der Waals surface area contributed by atoms with Gasteiger partial charge >= 0.3 is 12.0 Å². The SMILES string of the molecule is CNC(=O)CNC(=O)NCc1cc(C(=O)O)ccn1. The van der Waals surface area contributed by atoms with Crippen molar-refractivity contribution in [2.24, 2.45) is 0 Å². The molecule has 1 rings (SSSR count). The summed E-state index contributed by atoms with van der Waals surface area (Å²) in [6.07, 6.45) is 1.35. The molecule has 1 heterocycles. The van der Waals surface area contributed by atoms with Crippen molar-refractivity contribution in [3.8, 4) is 0 Å². The van der Waals surface area contributed by atoms with E-state index in [-0.39, 0.29) is 24.6 Å². The van der Waals surface area contributed by atoms with Crippen LogP contribution in [0, 0.1) is 0 Å².